The number of halogens is 1. The molecule has 0 aliphatic carbocycles. The van der Waals surface area contributed by atoms with Crippen molar-refractivity contribution in [1.29, 1.82) is 0 Å². The molecule has 3 rings (SSSR count). The lowest BCUT2D eigenvalue weighted by Crippen LogP contribution is -2.47. The standard InChI is InChI=1S/C21H21ClN2O3/c1-3-27-20(25)18-14(2)24(13-15-7-5-4-6-8-15)21(26)23-19(18)16-9-11-17(22)12-10-16/h4-12,19H,3,13H2,1-2H3,(H,23,26)/t19-/m1/s1. The third-order valence-corrected chi connectivity index (χ3v) is 4.73. The Labute approximate surface area is 163 Å². The van der Waals surface area contributed by atoms with Crippen molar-refractivity contribution in [2.24, 2.45) is 0 Å². The molecule has 1 N–H and O–H groups in total. The average molecular weight is 385 g/mol. The van der Waals surface area contributed by atoms with Crippen LogP contribution < -0.4 is 5.32 Å². The number of esters is 1. The highest BCUT2D eigenvalue weighted by atomic mass is 35.5. The maximum absolute atomic E-state index is 12.8. The lowest BCUT2D eigenvalue weighted by Gasteiger charge is -2.35. The molecule has 2 amide bonds. The second-order valence-electron chi connectivity index (χ2n) is 6.23. The number of nitrogens with one attached hydrogen (secondary N) is 1. The molecule has 0 radical (unpaired) electrons. The summed E-state index contributed by atoms with van der Waals surface area (Å²) in [6, 6.07) is 15.9. The summed E-state index contributed by atoms with van der Waals surface area (Å²) in [5.41, 5.74) is 2.75. The zero-order valence-electron chi connectivity index (χ0n) is 15.2. The number of allylic oxidation sites excluding steroid dienone is 1. The maximum Gasteiger partial charge on any atom is 0.338 e. The molecule has 1 aliphatic heterocycles. The zero-order chi connectivity index (χ0) is 19.4. The molecule has 140 valence electrons. The Balaban J connectivity index is 2.02. The van der Waals surface area contributed by atoms with E-state index >= 15 is 0 Å². The minimum atomic E-state index is -0.583. The van der Waals surface area contributed by atoms with Gasteiger partial charge < -0.3 is 10.1 Å². The lowest BCUT2D eigenvalue weighted by molar-refractivity contribution is -0.139. The van der Waals surface area contributed by atoms with E-state index < -0.39 is 12.0 Å². The molecular formula is C21H21ClN2O3. The summed E-state index contributed by atoms with van der Waals surface area (Å²) in [5, 5.41) is 3.52. The highest BCUT2D eigenvalue weighted by Crippen LogP contribution is 2.32. The van der Waals surface area contributed by atoms with Crippen LogP contribution in [0.1, 0.15) is 31.0 Å². The fraction of sp³-hybridized carbons (Fsp3) is 0.238. The average Bonchev–Trinajstić information content (AvgIpc) is 2.66. The lowest BCUT2D eigenvalue weighted by atomic mass is 9.94. The number of nitrogens with zero attached hydrogens (tertiary/aromatic N) is 1. The predicted molar refractivity (Wildman–Crippen MR) is 104 cm³/mol. The number of benzene rings is 2. The van der Waals surface area contributed by atoms with Crippen LogP contribution in [0.4, 0.5) is 4.79 Å². The van der Waals surface area contributed by atoms with Crippen LogP contribution in [0.2, 0.25) is 5.02 Å². The molecule has 0 saturated carbocycles. The van der Waals surface area contributed by atoms with E-state index in [9.17, 15) is 9.59 Å². The summed E-state index contributed by atoms with van der Waals surface area (Å²) in [5.74, 6) is -0.437. The van der Waals surface area contributed by atoms with Crippen molar-refractivity contribution in [2.45, 2.75) is 26.4 Å². The monoisotopic (exact) mass is 384 g/mol. The van der Waals surface area contributed by atoms with E-state index in [1.165, 1.54) is 0 Å². The van der Waals surface area contributed by atoms with Crippen LogP contribution in [-0.4, -0.2) is 23.5 Å². The summed E-state index contributed by atoms with van der Waals surface area (Å²) in [6.45, 7) is 4.16. The first kappa shape index (κ1) is 19.0. The third-order valence-electron chi connectivity index (χ3n) is 4.48. The van der Waals surface area contributed by atoms with E-state index in [0.717, 1.165) is 11.1 Å². The fourth-order valence-electron chi connectivity index (χ4n) is 3.12. The number of carbonyl (C=O) groups is 2. The zero-order valence-corrected chi connectivity index (χ0v) is 16.0. The molecule has 0 unspecified atom stereocenters. The van der Waals surface area contributed by atoms with Crippen molar-refractivity contribution in [2.75, 3.05) is 6.61 Å². The van der Waals surface area contributed by atoms with Crippen molar-refractivity contribution in [1.82, 2.24) is 10.2 Å². The molecule has 6 heteroatoms. The summed E-state index contributed by atoms with van der Waals surface area (Å²) in [4.78, 5) is 27.0. The summed E-state index contributed by atoms with van der Waals surface area (Å²) in [6.07, 6.45) is 0. The highest BCUT2D eigenvalue weighted by molar-refractivity contribution is 6.30. The first-order valence-corrected chi connectivity index (χ1v) is 9.14. The van der Waals surface area contributed by atoms with E-state index in [0.29, 0.717) is 22.8 Å². The van der Waals surface area contributed by atoms with Gasteiger partial charge in [0.15, 0.2) is 0 Å². The Morgan fingerprint density at radius 2 is 1.81 bits per heavy atom. The molecule has 27 heavy (non-hydrogen) atoms. The predicted octanol–water partition coefficient (Wildman–Crippen LogP) is 4.44. The van der Waals surface area contributed by atoms with E-state index in [4.69, 9.17) is 16.3 Å². The van der Waals surface area contributed by atoms with Gasteiger partial charge in [-0.3, -0.25) is 4.90 Å². The molecule has 0 fully saturated rings. The number of hydrogen-bond donors (Lipinski definition) is 1. The molecule has 1 heterocycles. The minimum Gasteiger partial charge on any atom is -0.463 e. The van der Waals surface area contributed by atoms with Gasteiger partial charge in [0, 0.05) is 10.7 Å². The van der Waals surface area contributed by atoms with Crippen LogP contribution in [0.15, 0.2) is 65.9 Å². The molecule has 0 aromatic heterocycles. The van der Waals surface area contributed by atoms with Crippen LogP contribution in [-0.2, 0) is 16.1 Å². The van der Waals surface area contributed by atoms with Crippen LogP contribution in [0, 0.1) is 0 Å². The number of amides is 2. The smallest absolute Gasteiger partial charge is 0.338 e. The number of urea groups is 1. The van der Waals surface area contributed by atoms with Gasteiger partial charge in [0.05, 0.1) is 24.8 Å². The van der Waals surface area contributed by atoms with Crippen LogP contribution in [0.3, 0.4) is 0 Å². The topological polar surface area (TPSA) is 58.6 Å². The van der Waals surface area contributed by atoms with E-state index in [1.54, 1.807) is 43.0 Å². The van der Waals surface area contributed by atoms with Gasteiger partial charge in [-0.15, -0.1) is 0 Å². The molecule has 0 saturated heterocycles. The van der Waals surface area contributed by atoms with Crippen LogP contribution in [0.25, 0.3) is 0 Å². The van der Waals surface area contributed by atoms with Crippen molar-refractivity contribution >= 4 is 23.6 Å². The van der Waals surface area contributed by atoms with E-state index in [-0.39, 0.29) is 12.6 Å². The maximum atomic E-state index is 12.8. The number of hydrogen-bond acceptors (Lipinski definition) is 3. The van der Waals surface area contributed by atoms with Crippen LogP contribution >= 0.6 is 11.6 Å². The Morgan fingerprint density at radius 1 is 1.15 bits per heavy atom. The molecule has 2 aromatic carbocycles. The summed E-state index contributed by atoms with van der Waals surface area (Å²) >= 11 is 5.97. The van der Waals surface area contributed by atoms with Gasteiger partial charge in [-0.25, -0.2) is 9.59 Å². The first-order chi connectivity index (χ1) is 13.0. The Bertz CT molecular complexity index is 863. The first-order valence-electron chi connectivity index (χ1n) is 8.76. The van der Waals surface area contributed by atoms with Crippen LogP contribution in [0.5, 0.6) is 0 Å². The van der Waals surface area contributed by atoms with Gasteiger partial charge in [0.25, 0.3) is 0 Å². The molecule has 0 spiro atoms. The molecule has 5 nitrogen and oxygen atoms in total. The van der Waals surface area contributed by atoms with Gasteiger partial charge >= 0.3 is 12.0 Å². The van der Waals surface area contributed by atoms with E-state index in [1.807, 2.05) is 30.3 Å². The summed E-state index contributed by atoms with van der Waals surface area (Å²) in [7, 11) is 0. The van der Waals surface area contributed by atoms with Crippen molar-refractivity contribution in [3.8, 4) is 0 Å². The molecule has 2 aromatic rings. The van der Waals surface area contributed by atoms with E-state index in [2.05, 4.69) is 5.32 Å². The third kappa shape index (κ3) is 4.14. The molecule has 1 atom stereocenters. The molecular weight excluding hydrogens is 364 g/mol. The van der Waals surface area contributed by atoms with Gasteiger partial charge in [0.1, 0.15) is 0 Å². The number of rotatable bonds is 5. The minimum absolute atomic E-state index is 0.260. The SMILES string of the molecule is CCOC(=O)C1=C(C)N(Cc2ccccc2)C(=O)N[C@@H]1c1ccc(Cl)cc1. The second kappa shape index (κ2) is 8.27. The normalized spacial score (nSPS) is 16.9. The Hall–Kier alpha value is -2.79. The Morgan fingerprint density at radius 3 is 2.44 bits per heavy atom. The van der Waals surface area contributed by atoms with Crippen molar-refractivity contribution in [3.05, 3.63) is 82.0 Å². The highest BCUT2D eigenvalue weighted by Gasteiger charge is 2.36. The van der Waals surface area contributed by atoms with Gasteiger partial charge in [-0.05, 0) is 37.1 Å². The van der Waals surface area contributed by atoms with Gasteiger partial charge in [-0.2, -0.15) is 0 Å². The summed E-state index contributed by atoms with van der Waals surface area (Å²) < 4.78 is 5.26. The second-order valence-corrected chi connectivity index (χ2v) is 6.66. The largest absolute Gasteiger partial charge is 0.463 e. The van der Waals surface area contributed by atoms with Crippen molar-refractivity contribution < 1.29 is 14.3 Å². The van der Waals surface area contributed by atoms with Crippen molar-refractivity contribution in [3.63, 3.8) is 0 Å². The number of carbonyl (C=O) groups excluding carboxylic acids is 2. The quantitative estimate of drug-likeness (QED) is 0.775. The fourth-order valence-corrected chi connectivity index (χ4v) is 3.24. The molecule has 1 aliphatic rings. The molecule has 0 bridgehead atoms. The number of ether oxygens (including phenoxy) is 1. The Kier molecular flexibility index (Phi) is 5.81. The van der Waals surface area contributed by atoms with Gasteiger partial charge in [-0.1, -0.05) is 54.1 Å². The van der Waals surface area contributed by atoms with Gasteiger partial charge in [0.2, 0.25) is 0 Å².